The van der Waals surface area contributed by atoms with Crippen LogP contribution in [-0.2, 0) is 0 Å². The molecule has 6 nitrogen and oxygen atoms in total. The Morgan fingerprint density at radius 3 is 2.67 bits per heavy atom. The van der Waals surface area contributed by atoms with E-state index in [0.717, 1.165) is 31.4 Å². The van der Waals surface area contributed by atoms with Gasteiger partial charge < -0.3 is 10.0 Å². The molecule has 0 spiro atoms. The van der Waals surface area contributed by atoms with Crippen LogP contribution >= 0.6 is 0 Å². The highest BCUT2D eigenvalue weighted by Crippen LogP contribution is 2.28. The average Bonchev–Trinajstić information content (AvgIpc) is 2.38. The molecule has 1 fully saturated rings. The second-order valence-electron chi connectivity index (χ2n) is 5.19. The Kier molecular flexibility index (Phi) is 4.52. The van der Waals surface area contributed by atoms with Gasteiger partial charge >= 0.3 is 0 Å². The van der Waals surface area contributed by atoms with Crippen molar-refractivity contribution in [3.05, 3.63) is 39.2 Å². The van der Waals surface area contributed by atoms with Gasteiger partial charge in [-0.15, -0.1) is 0 Å². The monoisotopic (exact) mass is 296 g/mol. The number of non-ortho nitro benzene ring substituents is 1. The fourth-order valence-electron chi connectivity index (χ4n) is 2.42. The van der Waals surface area contributed by atoms with Crippen molar-refractivity contribution in [3.8, 4) is 0 Å². The minimum Gasteiger partial charge on any atom is -0.395 e. The molecule has 0 aromatic heterocycles. The highest BCUT2D eigenvalue weighted by molar-refractivity contribution is 5.95. The number of aliphatic hydroxyl groups is 1. The number of hydrogen-bond acceptors (Lipinski definition) is 4. The van der Waals surface area contributed by atoms with Gasteiger partial charge in [0.15, 0.2) is 0 Å². The minimum atomic E-state index is -0.743. The number of aryl methyl sites for hydroxylation is 1. The van der Waals surface area contributed by atoms with E-state index in [1.807, 2.05) is 0 Å². The molecule has 1 amide bonds. The largest absolute Gasteiger partial charge is 0.395 e. The second kappa shape index (κ2) is 6.17. The average molecular weight is 296 g/mol. The molecule has 0 saturated heterocycles. The Labute approximate surface area is 121 Å². The highest BCUT2D eigenvalue weighted by Gasteiger charge is 2.31. The zero-order chi connectivity index (χ0) is 15.6. The Morgan fingerprint density at radius 1 is 1.52 bits per heavy atom. The minimum absolute atomic E-state index is 0.0244. The first-order chi connectivity index (χ1) is 9.95. The third-order valence-corrected chi connectivity index (χ3v) is 3.80. The van der Waals surface area contributed by atoms with Crippen molar-refractivity contribution in [1.29, 1.82) is 0 Å². The van der Waals surface area contributed by atoms with Gasteiger partial charge in [0.25, 0.3) is 11.6 Å². The number of hydrogen-bond donors (Lipinski definition) is 1. The standard InChI is InChI=1S/C14H17FN2O4/c1-9-7-11(17(20)21)8-12(13(9)15)14(19)16(5-6-18)10-3-2-4-10/h7-8,10,18H,2-6H2,1H3. The predicted molar refractivity (Wildman–Crippen MR) is 73.6 cm³/mol. The van der Waals surface area contributed by atoms with Crippen LogP contribution in [0.4, 0.5) is 10.1 Å². The molecule has 1 saturated carbocycles. The van der Waals surface area contributed by atoms with Gasteiger partial charge in [-0.2, -0.15) is 0 Å². The number of nitrogens with zero attached hydrogens (tertiary/aromatic N) is 2. The second-order valence-corrected chi connectivity index (χ2v) is 5.19. The summed E-state index contributed by atoms with van der Waals surface area (Å²) in [5.41, 5.74) is -0.554. The van der Waals surface area contributed by atoms with E-state index in [1.54, 1.807) is 0 Å². The SMILES string of the molecule is Cc1cc([N+](=O)[O-])cc(C(=O)N(CCO)C2CCC2)c1F. The maximum Gasteiger partial charge on any atom is 0.270 e. The van der Waals surface area contributed by atoms with Crippen molar-refractivity contribution >= 4 is 11.6 Å². The normalized spacial score (nSPS) is 14.6. The summed E-state index contributed by atoms with van der Waals surface area (Å²) < 4.78 is 14.1. The van der Waals surface area contributed by atoms with Crippen LogP contribution in [0.5, 0.6) is 0 Å². The van der Waals surface area contributed by atoms with Gasteiger partial charge in [-0.3, -0.25) is 14.9 Å². The molecule has 0 aliphatic heterocycles. The number of amides is 1. The van der Waals surface area contributed by atoms with E-state index in [4.69, 9.17) is 5.11 Å². The Morgan fingerprint density at radius 2 is 2.19 bits per heavy atom. The van der Waals surface area contributed by atoms with Crippen LogP contribution in [0, 0.1) is 22.9 Å². The molecule has 1 N–H and O–H groups in total. The first-order valence-electron chi connectivity index (χ1n) is 6.82. The van der Waals surface area contributed by atoms with E-state index in [-0.39, 0.29) is 36.0 Å². The summed E-state index contributed by atoms with van der Waals surface area (Å²) in [6.45, 7) is 1.27. The number of benzene rings is 1. The quantitative estimate of drug-likeness (QED) is 0.665. The Bertz CT molecular complexity index is 572. The van der Waals surface area contributed by atoms with Crippen LogP contribution in [-0.4, -0.2) is 40.0 Å². The molecule has 21 heavy (non-hydrogen) atoms. The summed E-state index contributed by atoms with van der Waals surface area (Å²) in [6, 6.07) is 2.04. The van der Waals surface area contributed by atoms with E-state index in [1.165, 1.54) is 11.8 Å². The van der Waals surface area contributed by atoms with Crippen molar-refractivity contribution in [2.24, 2.45) is 0 Å². The van der Waals surface area contributed by atoms with Crippen LogP contribution in [0.2, 0.25) is 0 Å². The van der Waals surface area contributed by atoms with Gasteiger partial charge in [0, 0.05) is 24.7 Å². The van der Waals surface area contributed by atoms with Gasteiger partial charge in [0.2, 0.25) is 0 Å². The van der Waals surface area contributed by atoms with Crippen molar-refractivity contribution in [1.82, 2.24) is 4.90 Å². The lowest BCUT2D eigenvalue weighted by Gasteiger charge is -2.37. The molecule has 0 unspecified atom stereocenters. The van der Waals surface area contributed by atoms with Crippen molar-refractivity contribution in [3.63, 3.8) is 0 Å². The number of halogens is 1. The lowest BCUT2D eigenvalue weighted by molar-refractivity contribution is -0.385. The lowest BCUT2D eigenvalue weighted by atomic mass is 9.90. The Balaban J connectivity index is 2.38. The first kappa shape index (κ1) is 15.4. The first-order valence-corrected chi connectivity index (χ1v) is 6.82. The van der Waals surface area contributed by atoms with Crippen molar-refractivity contribution in [2.45, 2.75) is 32.2 Å². The summed E-state index contributed by atoms with van der Waals surface area (Å²) in [4.78, 5) is 24.1. The van der Waals surface area contributed by atoms with Gasteiger partial charge in [-0.05, 0) is 31.7 Å². The fraction of sp³-hybridized carbons (Fsp3) is 0.500. The lowest BCUT2D eigenvalue weighted by Crippen LogP contribution is -2.46. The molecule has 0 heterocycles. The van der Waals surface area contributed by atoms with Crippen LogP contribution in [0.15, 0.2) is 12.1 Å². The number of carbonyl (C=O) groups is 1. The van der Waals surface area contributed by atoms with E-state index in [0.29, 0.717) is 0 Å². The van der Waals surface area contributed by atoms with Gasteiger partial charge in [0.1, 0.15) is 5.82 Å². The fourth-order valence-corrected chi connectivity index (χ4v) is 2.42. The molecule has 1 aromatic rings. The zero-order valence-corrected chi connectivity index (χ0v) is 11.7. The molecule has 0 atom stereocenters. The maximum absolute atomic E-state index is 14.1. The molecule has 1 aliphatic carbocycles. The van der Waals surface area contributed by atoms with Crippen LogP contribution in [0.1, 0.15) is 35.2 Å². The molecule has 114 valence electrons. The summed E-state index contributed by atoms with van der Waals surface area (Å²) in [6.07, 6.45) is 2.60. The number of nitro benzene ring substituents is 1. The summed E-state index contributed by atoms with van der Waals surface area (Å²) >= 11 is 0. The van der Waals surface area contributed by atoms with E-state index in [9.17, 15) is 19.3 Å². The third-order valence-electron chi connectivity index (χ3n) is 3.80. The number of carbonyl (C=O) groups excluding carboxylic acids is 1. The smallest absolute Gasteiger partial charge is 0.270 e. The van der Waals surface area contributed by atoms with E-state index in [2.05, 4.69) is 0 Å². The number of nitro groups is 1. The maximum atomic E-state index is 14.1. The molecule has 2 rings (SSSR count). The molecule has 1 aromatic carbocycles. The van der Waals surface area contributed by atoms with E-state index < -0.39 is 16.6 Å². The summed E-state index contributed by atoms with van der Waals surface area (Å²) in [5.74, 6) is -1.34. The van der Waals surface area contributed by atoms with E-state index >= 15 is 0 Å². The van der Waals surface area contributed by atoms with Crippen molar-refractivity contribution in [2.75, 3.05) is 13.2 Å². The van der Waals surface area contributed by atoms with Crippen LogP contribution < -0.4 is 0 Å². The molecule has 7 heteroatoms. The highest BCUT2D eigenvalue weighted by atomic mass is 19.1. The van der Waals surface area contributed by atoms with Gasteiger partial charge in [-0.25, -0.2) is 4.39 Å². The number of aliphatic hydroxyl groups excluding tert-OH is 1. The van der Waals surface area contributed by atoms with Crippen LogP contribution in [0.25, 0.3) is 0 Å². The predicted octanol–water partition coefficient (Wildman–Crippen LogP) is 2.03. The number of rotatable bonds is 5. The molecular formula is C14H17FN2O4. The van der Waals surface area contributed by atoms with Gasteiger partial charge in [-0.1, -0.05) is 0 Å². The molecule has 0 radical (unpaired) electrons. The molecule has 0 bridgehead atoms. The topological polar surface area (TPSA) is 83.7 Å². The van der Waals surface area contributed by atoms with Crippen molar-refractivity contribution < 1.29 is 19.2 Å². The summed E-state index contributed by atoms with van der Waals surface area (Å²) in [7, 11) is 0. The third kappa shape index (κ3) is 3.02. The Hall–Kier alpha value is -2.02. The van der Waals surface area contributed by atoms with Crippen LogP contribution in [0.3, 0.4) is 0 Å². The summed E-state index contributed by atoms with van der Waals surface area (Å²) in [5, 5.41) is 19.9. The zero-order valence-electron chi connectivity index (χ0n) is 11.7. The molecule has 1 aliphatic rings. The van der Waals surface area contributed by atoms with Gasteiger partial charge in [0.05, 0.1) is 17.1 Å². The molecular weight excluding hydrogens is 279 g/mol.